The molecule has 3 N–H and O–H groups in total. The summed E-state index contributed by atoms with van der Waals surface area (Å²) in [6, 6.07) is 4.74. The molecule has 0 saturated heterocycles. The molecule has 22 heavy (non-hydrogen) atoms. The Labute approximate surface area is 119 Å². The largest absolute Gasteiger partial charge is 0.432 e. The molecule has 2 rings (SSSR count). The van der Waals surface area contributed by atoms with Crippen LogP contribution in [0.25, 0.3) is 11.3 Å². The third-order valence-corrected chi connectivity index (χ3v) is 2.89. The average molecular weight is 322 g/mol. The van der Waals surface area contributed by atoms with Crippen LogP contribution >= 0.6 is 0 Å². The van der Waals surface area contributed by atoms with Crippen LogP contribution in [0.5, 0.6) is 0 Å². The van der Waals surface area contributed by atoms with Gasteiger partial charge in [-0.15, -0.1) is 0 Å². The number of benzene rings is 1. The molecule has 0 unspecified atom stereocenters. The van der Waals surface area contributed by atoms with Gasteiger partial charge in [-0.25, -0.2) is 0 Å². The number of hydrogen-bond donors (Lipinski definition) is 2. The van der Waals surface area contributed by atoms with Crippen LogP contribution in [0, 0.1) is 0 Å². The van der Waals surface area contributed by atoms with Crippen molar-refractivity contribution < 1.29 is 31.1 Å². The molecule has 118 valence electrons. The van der Waals surface area contributed by atoms with E-state index in [1.807, 2.05) is 0 Å². The number of carbonyl (C=O) groups excluding carboxylic acids is 1. The third-order valence-electron chi connectivity index (χ3n) is 2.89. The van der Waals surface area contributed by atoms with Crippen molar-refractivity contribution in [3.05, 3.63) is 47.2 Å². The van der Waals surface area contributed by atoms with E-state index in [1.165, 1.54) is 6.07 Å². The highest BCUT2D eigenvalue weighted by Crippen LogP contribution is 2.39. The van der Waals surface area contributed by atoms with Gasteiger partial charge in [-0.1, -0.05) is 18.2 Å². The fourth-order valence-electron chi connectivity index (χ4n) is 1.98. The molecule has 1 aromatic heterocycles. The molecule has 0 aliphatic carbocycles. The lowest BCUT2D eigenvalue weighted by molar-refractivity contribution is -0.141. The molecular weight excluding hydrogens is 314 g/mol. The normalized spacial score (nSPS) is 12.5. The average Bonchev–Trinajstić information content (AvgIpc) is 2.82. The van der Waals surface area contributed by atoms with Crippen molar-refractivity contribution in [3.63, 3.8) is 0 Å². The predicted molar refractivity (Wildman–Crippen MR) is 64.8 cm³/mol. The molecule has 0 bridgehead atoms. The van der Waals surface area contributed by atoms with Gasteiger partial charge in [0.2, 0.25) is 0 Å². The Balaban J connectivity index is 2.68. The Hall–Kier alpha value is -2.45. The number of hydrogen-bond acceptors (Lipinski definition) is 1. The van der Waals surface area contributed by atoms with Gasteiger partial charge >= 0.3 is 12.4 Å². The number of carbonyl (C=O) groups is 1. The minimum atomic E-state index is -4.95. The molecule has 0 aliphatic heterocycles. The van der Waals surface area contributed by atoms with Gasteiger partial charge in [-0.2, -0.15) is 26.3 Å². The first-order chi connectivity index (χ1) is 10.0. The molecule has 0 aliphatic rings. The van der Waals surface area contributed by atoms with Crippen molar-refractivity contribution in [1.29, 1.82) is 0 Å². The Morgan fingerprint density at radius 2 is 1.59 bits per heavy atom. The molecule has 0 atom stereocenters. The number of H-pyrrole nitrogens is 1. The second-order valence-electron chi connectivity index (χ2n) is 4.38. The summed E-state index contributed by atoms with van der Waals surface area (Å²) in [6.45, 7) is 0. The van der Waals surface area contributed by atoms with Crippen LogP contribution in [-0.2, 0) is 12.4 Å². The van der Waals surface area contributed by atoms with Crippen LogP contribution in [0.3, 0.4) is 0 Å². The van der Waals surface area contributed by atoms with Crippen LogP contribution in [0.15, 0.2) is 30.3 Å². The molecule has 9 heteroatoms. The summed E-state index contributed by atoms with van der Waals surface area (Å²) in [4.78, 5) is 12.9. The maximum Gasteiger partial charge on any atom is 0.432 e. The molecule has 3 nitrogen and oxygen atoms in total. The molecule has 0 radical (unpaired) electrons. The molecule has 2 aromatic rings. The lowest BCUT2D eigenvalue weighted by Crippen LogP contribution is -2.17. The minimum Gasteiger partial charge on any atom is -0.366 e. The van der Waals surface area contributed by atoms with Gasteiger partial charge in [-0.05, 0) is 12.1 Å². The summed E-state index contributed by atoms with van der Waals surface area (Å²) in [5, 5.41) is 0. The summed E-state index contributed by atoms with van der Waals surface area (Å²) in [5.41, 5.74) is 0.326. The fraction of sp³-hybridized carbons (Fsp3) is 0.154. The minimum absolute atomic E-state index is 0.492. The zero-order valence-corrected chi connectivity index (χ0v) is 10.6. The molecule has 0 fully saturated rings. The molecule has 0 saturated carbocycles. The van der Waals surface area contributed by atoms with E-state index in [0.717, 1.165) is 18.2 Å². The summed E-state index contributed by atoms with van der Waals surface area (Å²) >= 11 is 0. The van der Waals surface area contributed by atoms with Crippen molar-refractivity contribution in [3.8, 4) is 11.3 Å². The Bertz CT molecular complexity index is 714. The molecular formula is C13H8F6N2O. The van der Waals surface area contributed by atoms with Gasteiger partial charge in [0, 0.05) is 11.3 Å². The number of rotatable bonds is 2. The second kappa shape index (κ2) is 5.08. The number of alkyl halides is 6. The number of nitrogens with two attached hydrogens (primary N) is 1. The number of nitrogens with one attached hydrogen (secondary N) is 1. The maximum atomic E-state index is 12.9. The topological polar surface area (TPSA) is 58.9 Å². The van der Waals surface area contributed by atoms with Crippen molar-refractivity contribution in [2.45, 2.75) is 12.4 Å². The molecule has 1 heterocycles. The van der Waals surface area contributed by atoms with E-state index in [4.69, 9.17) is 5.73 Å². The standard InChI is InChI=1S/C13H8F6N2O/c14-12(15,16)8-4-2-1-3-6(8)9-5-7(11(20)22)10(21-9)13(17,18)19/h1-5,21H,(H2,20,22). The van der Waals surface area contributed by atoms with Crippen molar-refractivity contribution >= 4 is 5.91 Å². The molecule has 1 amide bonds. The number of amides is 1. The molecule has 0 spiro atoms. The van der Waals surface area contributed by atoms with Gasteiger partial charge in [0.05, 0.1) is 11.1 Å². The van der Waals surface area contributed by atoms with E-state index in [9.17, 15) is 31.1 Å². The summed E-state index contributed by atoms with van der Waals surface area (Å²) in [6.07, 6.45) is -9.71. The van der Waals surface area contributed by atoms with Gasteiger partial charge in [0.25, 0.3) is 5.91 Å². The van der Waals surface area contributed by atoms with Crippen LogP contribution in [0.2, 0.25) is 0 Å². The highest BCUT2D eigenvalue weighted by Gasteiger charge is 2.39. The highest BCUT2D eigenvalue weighted by atomic mass is 19.4. The first-order valence-corrected chi connectivity index (χ1v) is 5.78. The van der Waals surface area contributed by atoms with E-state index < -0.39 is 46.3 Å². The summed E-state index contributed by atoms with van der Waals surface area (Å²) in [7, 11) is 0. The lowest BCUT2D eigenvalue weighted by atomic mass is 10.0. The van der Waals surface area contributed by atoms with Gasteiger partial charge in [0.1, 0.15) is 5.69 Å². The van der Waals surface area contributed by atoms with E-state index in [-0.39, 0.29) is 0 Å². The number of aromatic nitrogens is 1. The Morgan fingerprint density at radius 1 is 1.00 bits per heavy atom. The number of halogens is 6. The van der Waals surface area contributed by atoms with Gasteiger partial charge in [0.15, 0.2) is 0 Å². The van der Waals surface area contributed by atoms with E-state index >= 15 is 0 Å². The Morgan fingerprint density at radius 3 is 2.05 bits per heavy atom. The third kappa shape index (κ3) is 2.92. The smallest absolute Gasteiger partial charge is 0.366 e. The summed E-state index contributed by atoms with van der Waals surface area (Å²) in [5.74, 6) is -1.39. The maximum absolute atomic E-state index is 12.9. The zero-order valence-electron chi connectivity index (χ0n) is 10.6. The van der Waals surface area contributed by atoms with E-state index in [1.54, 1.807) is 4.98 Å². The fourth-order valence-corrected chi connectivity index (χ4v) is 1.98. The molecule has 1 aromatic carbocycles. The second-order valence-corrected chi connectivity index (χ2v) is 4.38. The van der Waals surface area contributed by atoms with Crippen LogP contribution in [-0.4, -0.2) is 10.9 Å². The van der Waals surface area contributed by atoms with Crippen molar-refractivity contribution in [2.75, 3.05) is 0 Å². The van der Waals surface area contributed by atoms with Gasteiger partial charge in [-0.3, -0.25) is 4.79 Å². The summed E-state index contributed by atoms with van der Waals surface area (Å²) < 4.78 is 77.2. The van der Waals surface area contributed by atoms with E-state index in [2.05, 4.69) is 0 Å². The first kappa shape index (κ1) is 15.9. The number of primary amides is 1. The quantitative estimate of drug-likeness (QED) is 0.812. The van der Waals surface area contributed by atoms with Crippen LogP contribution in [0.1, 0.15) is 21.6 Å². The predicted octanol–water partition coefficient (Wildman–Crippen LogP) is 3.82. The number of aromatic amines is 1. The Kier molecular flexibility index (Phi) is 3.68. The first-order valence-electron chi connectivity index (χ1n) is 5.78. The van der Waals surface area contributed by atoms with Gasteiger partial charge < -0.3 is 10.7 Å². The van der Waals surface area contributed by atoms with Crippen LogP contribution in [0.4, 0.5) is 26.3 Å². The van der Waals surface area contributed by atoms with Crippen LogP contribution < -0.4 is 5.73 Å². The SMILES string of the molecule is NC(=O)c1cc(-c2ccccc2C(F)(F)F)[nH]c1C(F)(F)F. The van der Waals surface area contributed by atoms with E-state index in [0.29, 0.717) is 6.07 Å². The lowest BCUT2D eigenvalue weighted by Gasteiger charge is -2.11. The zero-order chi connectivity index (χ0) is 16.7. The van der Waals surface area contributed by atoms with Crippen molar-refractivity contribution in [2.24, 2.45) is 5.73 Å². The van der Waals surface area contributed by atoms with Crippen molar-refractivity contribution in [1.82, 2.24) is 4.98 Å². The highest BCUT2D eigenvalue weighted by molar-refractivity contribution is 5.96. The monoisotopic (exact) mass is 322 g/mol.